The third kappa shape index (κ3) is 3.41. The molecule has 0 N–H and O–H groups in total. The molecule has 1 fully saturated rings. The number of rotatable bonds is 4. The Labute approximate surface area is 143 Å². The van der Waals surface area contributed by atoms with Crippen LogP contribution in [0.25, 0.3) is 0 Å². The number of hydrogen-bond donors (Lipinski definition) is 0. The van der Waals surface area contributed by atoms with Crippen molar-refractivity contribution < 1.29 is 18.7 Å². The molecule has 1 saturated heterocycles. The molecule has 126 valence electrons. The molecule has 3 rings (SSSR count). The number of carbonyl (C=O) groups excluding carboxylic acids is 1. The van der Waals surface area contributed by atoms with Gasteiger partial charge < -0.3 is 14.4 Å². The SMILES string of the molecule is COc1cncc(O[C@H]2CCN(C(=O)c3c(F)cccc3Cl)C2)n1. The molecule has 0 bridgehead atoms. The first-order valence-electron chi connectivity index (χ1n) is 7.34. The maximum atomic E-state index is 13.9. The van der Waals surface area contributed by atoms with Crippen LogP contribution in [0.5, 0.6) is 11.8 Å². The van der Waals surface area contributed by atoms with Crippen molar-refractivity contribution in [3.8, 4) is 11.8 Å². The van der Waals surface area contributed by atoms with Crippen LogP contribution in [0.4, 0.5) is 4.39 Å². The Balaban J connectivity index is 1.68. The predicted octanol–water partition coefficient (Wildman–Crippen LogP) is 2.57. The average Bonchev–Trinajstić information content (AvgIpc) is 3.03. The molecule has 0 saturated carbocycles. The third-order valence-corrected chi connectivity index (χ3v) is 4.01. The van der Waals surface area contributed by atoms with Gasteiger partial charge in [0, 0.05) is 13.0 Å². The average molecular weight is 352 g/mol. The summed E-state index contributed by atoms with van der Waals surface area (Å²) in [4.78, 5) is 22.1. The molecule has 0 radical (unpaired) electrons. The minimum absolute atomic E-state index is 0.100. The summed E-state index contributed by atoms with van der Waals surface area (Å²) in [6, 6.07) is 4.18. The van der Waals surface area contributed by atoms with E-state index in [-0.39, 0.29) is 16.7 Å². The Bertz CT molecular complexity index is 739. The molecule has 1 aliphatic heterocycles. The van der Waals surface area contributed by atoms with Crippen molar-refractivity contribution in [2.75, 3.05) is 20.2 Å². The fraction of sp³-hybridized carbons (Fsp3) is 0.312. The predicted molar refractivity (Wildman–Crippen MR) is 84.9 cm³/mol. The van der Waals surface area contributed by atoms with Crippen molar-refractivity contribution in [1.82, 2.24) is 14.9 Å². The zero-order valence-electron chi connectivity index (χ0n) is 12.9. The molecular formula is C16H15ClFN3O3. The van der Waals surface area contributed by atoms with E-state index in [2.05, 4.69) is 9.97 Å². The molecule has 1 amide bonds. The number of benzene rings is 1. The molecular weight excluding hydrogens is 337 g/mol. The second-order valence-corrected chi connectivity index (χ2v) is 5.68. The zero-order valence-corrected chi connectivity index (χ0v) is 13.7. The second-order valence-electron chi connectivity index (χ2n) is 5.28. The van der Waals surface area contributed by atoms with E-state index in [4.69, 9.17) is 21.1 Å². The summed E-state index contributed by atoms with van der Waals surface area (Å²) in [6.07, 6.45) is 3.30. The van der Waals surface area contributed by atoms with E-state index in [0.717, 1.165) is 0 Å². The lowest BCUT2D eigenvalue weighted by Crippen LogP contribution is -2.31. The van der Waals surface area contributed by atoms with Gasteiger partial charge in [-0.1, -0.05) is 17.7 Å². The number of ether oxygens (including phenoxy) is 2. The van der Waals surface area contributed by atoms with Gasteiger partial charge in [-0.15, -0.1) is 0 Å². The molecule has 24 heavy (non-hydrogen) atoms. The van der Waals surface area contributed by atoms with Crippen molar-refractivity contribution in [3.63, 3.8) is 0 Å². The summed E-state index contributed by atoms with van der Waals surface area (Å²) in [5, 5.41) is 0.100. The number of methoxy groups -OCH3 is 1. The van der Waals surface area contributed by atoms with Crippen molar-refractivity contribution in [1.29, 1.82) is 0 Å². The molecule has 6 nitrogen and oxygen atoms in total. The summed E-state index contributed by atoms with van der Waals surface area (Å²) >= 11 is 5.95. The summed E-state index contributed by atoms with van der Waals surface area (Å²) < 4.78 is 24.6. The van der Waals surface area contributed by atoms with Crippen LogP contribution < -0.4 is 9.47 Å². The summed E-state index contributed by atoms with van der Waals surface area (Å²) in [6.45, 7) is 0.772. The van der Waals surface area contributed by atoms with E-state index < -0.39 is 11.7 Å². The molecule has 0 spiro atoms. The van der Waals surface area contributed by atoms with E-state index in [9.17, 15) is 9.18 Å². The van der Waals surface area contributed by atoms with Crippen molar-refractivity contribution in [2.24, 2.45) is 0 Å². The Morgan fingerprint density at radius 3 is 2.92 bits per heavy atom. The van der Waals surface area contributed by atoms with Gasteiger partial charge in [-0.25, -0.2) is 4.39 Å². The van der Waals surface area contributed by atoms with Gasteiger partial charge in [0.2, 0.25) is 11.8 Å². The zero-order chi connectivity index (χ0) is 17.1. The third-order valence-electron chi connectivity index (χ3n) is 3.70. The molecule has 8 heteroatoms. The highest BCUT2D eigenvalue weighted by Crippen LogP contribution is 2.24. The number of nitrogens with zero attached hydrogens (tertiary/aromatic N) is 3. The van der Waals surface area contributed by atoms with Crippen LogP contribution in [-0.2, 0) is 0 Å². The number of halogens is 2. The lowest BCUT2D eigenvalue weighted by molar-refractivity contribution is 0.0766. The van der Waals surface area contributed by atoms with Crippen LogP contribution in [0.3, 0.4) is 0 Å². The molecule has 1 aromatic carbocycles. The van der Waals surface area contributed by atoms with E-state index >= 15 is 0 Å². The van der Waals surface area contributed by atoms with E-state index in [1.807, 2.05) is 0 Å². The number of amides is 1. The normalized spacial score (nSPS) is 17.0. The number of aromatic nitrogens is 2. The van der Waals surface area contributed by atoms with Crippen LogP contribution in [0.1, 0.15) is 16.8 Å². The van der Waals surface area contributed by atoms with Crippen LogP contribution in [0, 0.1) is 5.82 Å². The Hall–Kier alpha value is -2.41. The quantitative estimate of drug-likeness (QED) is 0.847. The number of carbonyl (C=O) groups is 1. The van der Waals surface area contributed by atoms with Gasteiger partial charge >= 0.3 is 0 Å². The van der Waals surface area contributed by atoms with Crippen molar-refractivity contribution >= 4 is 17.5 Å². The van der Waals surface area contributed by atoms with E-state index in [1.54, 1.807) is 0 Å². The Morgan fingerprint density at radius 2 is 2.17 bits per heavy atom. The lowest BCUT2D eigenvalue weighted by Gasteiger charge is -2.18. The largest absolute Gasteiger partial charge is 0.480 e. The van der Waals surface area contributed by atoms with Crippen LogP contribution in [-0.4, -0.2) is 47.1 Å². The maximum Gasteiger partial charge on any atom is 0.258 e. The minimum Gasteiger partial charge on any atom is -0.480 e. The highest BCUT2D eigenvalue weighted by Gasteiger charge is 2.31. The fourth-order valence-corrected chi connectivity index (χ4v) is 2.77. The van der Waals surface area contributed by atoms with Gasteiger partial charge in [-0.05, 0) is 12.1 Å². The van der Waals surface area contributed by atoms with Gasteiger partial charge in [0.25, 0.3) is 5.91 Å². The van der Waals surface area contributed by atoms with E-state index in [1.165, 1.54) is 42.6 Å². The minimum atomic E-state index is -0.629. The smallest absolute Gasteiger partial charge is 0.258 e. The summed E-state index contributed by atoms with van der Waals surface area (Å²) in [5.74, 6) is -0.411. The van der Waals surface area contributed by atoms with Crippen LogP contribution in [0.15, 0.2) is 30.6 Å². The molecule has 2 heterocycles. The van der Waals surface area contributed by atoms with Crippen molar-refractivity contribution in [2.45, 2.75) is 12.5 Å². The first kappa shape index (κ1) is 16.4. The molecule has 2 aromatic rings. The van der Waals surface area contributed by atoms with E-state index in [0.29, 0.717) is 31.3 Å². The first-order valence-corrected chi connectivity index (χ1v) is 7.72. The highest BCUT2D eigenvalue weighted by molar-refractivity contribution is 6.33. The molecule has 1 aliphatic rings. The van der Waals surface area contributed by atoms with Gasteiger partial charge in [0.05, 0.1) is 36.6 Å². The topological polar surface area (TPSA) is 64.6 Å². The summed E-state index contributed by atoms with van der Waals surface area (Å²) in [7, 11) is 1.49. The van der Waals surface area contributed by atoms with Gasteiger partial charge in [0.1, 0.15) is 11.9 Å². The second kappa shape index (κ2) is 7.00. The maximum absolute atomic E-state index is 13.9. The molecule has 0 aliphatic carbocycles. The monoisotopic (exact) mass is 351 g/mol. The Kier molecular flexibility index (Phi) is 4.80. The van der Waals surface area contributed by atoms with Gasteiger partial charge in [-0.2, -0.15) is 4.98 Å². The van der Waals surface area contributed by atoms with Gasteiger partial charge in [-0.3, -0.25) is 9.78 Å². The molecule has 0 unspecified atom stereocenters. The van der Waals surface area contributed by atoms with Crippen LogP contribution in [0.2, 0.25) is 5.02 Å². The number of hydrogen-bond acceptors (Lipinski definition) is 5. The fourth-order valence-electron chi connectivity index (χ4n) is 2.53. The highest BCUT2D eigenvalue weighted by atomic mass is 35.5. The Morgan fingerprint density at radius 1 is 1.38 bits per heavy atom. The van der Waals surface area contributed by atoms with Crippen molar-refractivity contribution in [3.05, 3.63) is 47.0 Å². The standard InChI is InChI=1S/C16H15ClFN3O3/c1-23-13-7-19-8-14(20-13)24-10-5-6-21(9-10)16(22)15-11(17)3-2-4-12(15)18/h2-4,7-8,10H,5-6,9H2,1H3/t10-/m0/s1. The molecule has 1 aromatic heterocycles. The first-order chi connectivity index (χ1) is 11.6. The van der Waals surface area contributed by atoms with Gasteiger partial charge in [0.15, 0.2) is 0 Å². The molecule has 1 atom stereocenters. The summed E-state index contributed by atoms with van der Waals surface area (Å²) in [5.41, 5.74) is -0.110. The number of likely N-dealkylation sites (tertiary alicyclic amines) is 1. The lowest BCUT2D eigenvalue weighted by atomic mass is 10.2. The van der Waals surface area contributed by atoms with Crippen LogP contribution >= 0.6 is 11.6 Å².